The molecule has 106 valence electrons. The van der Waals surface area contributed by atoms with Crippen LogP contribution in [0.2, 0.25) is 0 Å². The van der Waals surface area contributed by atoms with Gasteiger partial charge in [0, 0.05) is 7.05 Å². The van der Waals surface area contributed by atoms with E-state index >= 15 is 0 Å². The molecule has 0 aliphatic rings. The van der Waals surface area contributed by atoms with E-state index in [-0.39, 0.29) is 17.4 Å². The monoisotopic (exact) mass is 270 g/mol. The van der Waals surface area contributed by atoms with Gasteiger partial charge in [0.05, 0.1) is 12.0 Å². The van der Waals surface area contributed by atoms with Crippen molar-refractivity contribution in [3.8, 4) is 0 Å². The number of anilines is 1. The van der Waals surface area contributed by atoms with Crippen molar-refractivity contribution >= 4 is 17.5 Å². The third-order valence-corrected chi connectivity index (χ3v) is 2.79. The first-order valence-electron chi connectivity index (χ1n) is 5.82. The van der Waals surface area contributed by atoms with E-state index in [1.54, 1.807) is 14.0 Å². The number of carbonyl (C=O) groups is 1. The van der Waals surface area contributed by atoms with Gasteiger partial charge < -0.3 is 10.1 Å². The Balaban J connectivity index is 3.16. The number of methoxy groups -OCH3 is 1. The second kappa shape index (κ2) is 5.68. The minimum absolute atomic E-state index is 0.0812. The molecule has 8 heteroatoms. The second-order valence-corrected chi connectivity index (χ2v) is 4.55. The standard InChI is InChI=1S/C11H18N4O4/c1-6(2)8(11(16)19-5)12-10-9(15(17)18)7(3)13-14(10)4/h6,8,12H,1-5H3. The number of esters is 1. The lowest BCUT2D eigenvalue weighted by molar-refractivity contribution is -0.384. The maximum absolute atomic E-state index is 11.7. The van der Waals surface area contributed by atoms with Crippen molar-refractivity contribution in [2.75, 3.05) is 12.4 Å². The normalized spacial score (nSPS) is 12.3. The van der Waals surface area contributed by atoms with Gasteiger partial charge in [0.2, 0.25) is 5.82 Å². The molecular weight excluding hydrogens is 252 g/mol. The summed E-state index contributed by atoms with van der Waals surface area (Å²) in [5.74, 6) is -0.350. The average Bonchev–Trinajstić information content (AvgIpc) is 2.59. The molecule has 0 radical (unpaired) electrons. The van der Waals surface area contributed by atoms with Crippen LogP contribution in [0.1, 0.15) is 19.5 Å². The van der Waals surface area contributed by atoms with Gasteiger partial charge in [-0.2, -0.15) is 5.10 Å². The van der Waals surface area contributed by atoms with Gasteiger partial charge >= 0.3 is 11.7 Å². The molecule has 1 atom stereocenters. The van der Waals surface area contributed by atoms with Crippen LogP contribution < -0.4 is 5.32 Å². The number of ether oxygens (including phenoxy) is 1. The Bertz CT molecular complexity index is 495. The summed E-state index contributed by atoms with van der Waals surface area (Å²) in [6.07, 6.45) is 0. The Morgan fingerprint density at radius 3 is 2.53 bits per heavy atom. The number of carbonyl (C=O) groups excluding carboxylic acids is 1. The van der Waals surface area contributed by atoms with Crippen LogP contribution in [0, 0.1) is 23.0 Å². The topological polar surface area (TPSA) is 99.3 Å². The van der Waals surface area contributed by atoms with Gasteiger partial charge in [-0.3, -0.25) is 10.1 Å². The van der Waals surface area contributed by atoms with Crippen LogP contribution in [-0.4, -0.2) is 33.8 Å². The van der Waals surface area contributed by atoms with E-state index in [0.29, 0.717) is 5.69 Å². The molecule has 1 heterocycles. The van der Waals surface area contributed by atoms with Crippen LogP contribution in [0.3, 0.4) is 0 Å². The fraction of sp³-hybridized carbons (Fsp3) is 0.636. The molecule has 0 aliphatic carbocycles. The molecule has 1 aromatic rings. The van der Waals surface area contributed by atoms with Crippen molar-refractivity contribution in [3.05, 3.63) is 15.8 Å². The summed E-state index contributed by atoms with van der Waals surface area (Å²) in [6.45, 7) is 5.19. The van der Waals surface area contributed by atoms with Crippen LogP contribution in [0.4, 0.5) is 11.5 Å². The highest BCUT2D eigenvalue weighted by molar-refractivity contribution is 5.80. The van der Waals surface area contributed by atoms with Crippen LogP contribution in [0.15, 0.2) is 0 Å². The molecule has 1 aromatic heterocycles. The number of nitrogens with zero attached hydrogens (tertiary/aromatic N) is 3. The molecule has 0 bridgehead atoms. The highest BCUT2D eigenvalue weighted by Gasteiger charge is 2.30. The zero-order valence-electron chi connectivity index (χ0n) is 11.6. The Hall–Kier alpha value is -2.12. The Labute approximate surface area is 110 Å². The fourth-order valence-electron chi connectivity index (χ4n) is 1.80. The van der Waals surface area contributed by atoms with Gasteiger partial charge in [-0.15, -0.1) is 0 Å². The van der Waals surface area contributed by atoms with Crippen molar-refractivity contribution in [1.82, 2.24) is 9.78 Å². The van der Waals surface area contributed by atoms with Crippen molar-refractivity contribution < 1.29 is 14.5 Å². The number of hydrogen-bond acceptors (Lipinski definition) is 6. The van der Waals surface area contributed by atoms with E-state index in [1.165, 1.54) is 11.8 Å². The average molecular weight is 270 g/mol. The first-order valence-corrected chi connectivity index (χ1v) is 5.82. The summed E-state index contributed by atoms with van der Waals surface area (Å²) in [5, 5.41) is 17.9. The molecule has 0 saturated heterocycles. The molecule has 0 amide bonds. The molecule has 0 aliphatic heterocycles. The predicted octanol–water partition coefficient (Wildman–Crippen LogP) is 1.25. The zero-order valence-corrected chi connectivity index (χ0v) is 11.6. The van der Waals surface area contributed by atoms with Gasteiger partial charge in [0.15, 0.2) is 0 Å². The summed E-state index contributed by atoms with van der Waals surface area (Å²) in [7, 11) is 2.86. The number of nitro groups is 1. The second-order valence-electron chi connectivity index (χ2n) is 4.55. The van der Waals surface area contributed by atoms with E-state index in [0.717, 1.165) is 0 Å². The lowest BCUT2D eigenvalue weighted by Gasteiger charge is -2.20. The largest absolute Gasteiger partial charge is 0.467 e. The number of rotatable bonds is 5. The smallest absolute Gasteiger partial charge is 0.333 e. The third kappa shape index (κ3) is 3.01. The summed E-state index contributed by atoms with van der Waals surface area (Å²) >= 11 is 0. The zero-order chi connectivity index (χ0) is 14.7. The third-order valence-electron chi connectivity index (χ3n) is 2.79. The van der Waals surface area contributed by atoms with Crippen molar-refractivity contribution in [2.24, 2.45) is 13.0 Å². The number of hydrogen-bond donors (Lipinski definition) is 1. The van der Waals surface area contributed by atoms with Gasteiger partial charge in [-0.05, 0) is 12.8 Å². The lowest BCUT2D eigenvalue weighted by Crippen LogP contribution is -2.36. The summed E-state index contributed by atoms with van der Waals surface area (Å²) < 4.78 is 6.04. The molecular formula is C11H18N4O4. The SMILES string of the molecule is COC(=O)C(Nc1c([N+](=O)[O-])c(C)nn1C)C(C)C. The molecule has 0 spiro atoms. The minimum Gasteiger partial charge on any atom is -0.467 e. The number of nitrogens with one attached hydrogen (secondary N) is 1. The summed E-state index contributed by atoms with van der Waals surface area (Å²) in [5.41, 5.74) is 0.166. The van der Waals surface area contributed by atoms with Crippen molar-refractivity contribution in [2.45, 2.75) is 26.8 Å². The minimum atomic E-state index is -0.668. The van der Waals surface area contributed by atoms with Crippen molar-refractivity contribution in [1.29, 1.82) is 0 Å². The fourth-order valence-corrected chi connectivity index (χ4v) is 1.80. The van der Waals surface area contributed by atoms with Gasteiger partial charge in [-0.1, -0.05) is 13.8 Å². The Morgan fingerprint density at radius 2 is 2.11 bits per heavy atom. The van der Waals surface area contributed by atoms with E-state index in [4.69, 9.17) is 4.74 Å². The molecule has 0 saturated carbocycles. The number of aryl methyl sites for hydroxylation is 2. The quantitative estimate of drug-likeness (QED) is 0.491. The van der Waals surface area contributed by atoms with Crippen LogP contribution in [0.5, 0.6) is 0 Å². The highest BCUT2D eigenvalue weighted by Crippen LogP contribution is 2.28. The van der Waals surface area contributed by atoms with Crippen LogP contribution in [0.25, 0.3) is 0 Å². The maximum Gasteiger partial charge on any atom is 0.333 e. The molecule has 8 nitrogen and oxygen atoms in total. The van der Waals surface area contributed by atoms with E-state index in [9.17, 15) is 14.9 Å². The maximum atomic E-state index is 11.7. The van der Waals surface area contributed by atoms with Crippen molar-refractivity contribution in [3.63, 3.8) is 0 Å². The van der Waals surface area contributed by atoms with E-state index in [1.807, 2.05) is 13.8 Å². The van der Waals surface area contributed by atoms with Gasteiger partial charge in [0.25, 0.3) is 0 Å². The Kier molecular flexibility index (Phi) is 4.47. The molecule has 1 rings (SSSR count). The highest BCUT2D eigenvalue weighted by atomic mass is 16.6. The molecule has 19 heavy (non-hydrogen) atoms. The first kappa shape index (κ1) is 14.9. The van der Waals surface area contributed by atoms with Crippen LogP contribution in [-0.2, 0) is 16.6 Å². The van der Waals surface area contributed by atoms with Gasteiger partial charge in [-0.25, -0.2) is 9.48 Å². The molecule has 0 fully saturated rings. The van der Waals surface area contributed by atoms with E-state index in [2.05, 4.69) is 10.4 Å². The van der Waals surface area contributed by atoms with Gasteiger partial charge in [0.1, 0.15) is 11.7 Å². The molecule has 1 unspecified atom stereocenters. The Morgan fingerprint density at radius 1 is 1.53 bits per heavy atom. The van der Waals surface area contributed by atoms with E-state index < -0.39 is 16.9 Å². The predicted molar refractivity (Wildman–Crippen MR) is 68.9 cm³/mol. The summed E-state index contributed by atoms with van der Waals surface area (Å²) in [6, 6.07) is -0.668. The lowest BCUT2D eigenvalue weighted by atomic mass is 10.0. The molecule has 0 aromatic carbocycles. The first-order chi connectivity index (χ1) is 8.79. The summed E-state index contributed by atoms with van der Waals surface area (Å²) in [4.78, 5) is 22.2. The molecule has 1 N–H and O–H groups in total. The number of aromatic nitrogens is 2. The van der Waals surface area contributed by atoms with Crippen LogP contribution >= 0.6 is 0 Å².